The number of rotatable bonds is 3. The summed E-state index contributed by atoms with van der Waals surface area (Å²) in [6, 6.07) is 6.02. The molecule has 1 aromatic carbocycles. The average molecular weight is 345 g/mol. The molecule has 1 saturated carbocycles. The van der Waals surface area contributed by atoms with Crippen LogP contribution >= 0.6 is 22.9 Å². The SMILES string of the molecule is Cc1ccc2c(Cl)c(C(=O)NN=CC3CC4C=CC3C4)sc2c1. The number of carbonyl (C=O) groups is 1. The van der Waals surface area contributed by atoms with E-state index < -0.39 is 0 Å². The van der Waals surface area contributed by atoms with Crippen molar-refractivity contribution in [2.45, 2.75) is 19.8 Å². The van der Waals surface area contributed by atoms with E-state index in [0.717, 1.165) is 22.1 Å². The van der Waals surface area contributed by atoms with Crippen molar-refractivity contribution in [2.75, 3.05) is 0 Å². The number of hydrazone groups is 1. The first-order valence-corrected chi connectivity index (χ1v) is 9.02. The van der Waals surface area contributed by atoms with E-state index in [4.69, 9.17) is 11.6 Å². The summed E-state index contributed by atoms with van der Waals surface area (Å²) >= 11 is 7.76. The quantitative estimate of drug-likeness (QED) is 0.485. The smallest absolute Gasteiger partial charge is 0.266 e. The van der Waals surface area contributed by atoms with E-state index in [1.165, 1.54) is 17.8 Å². The number of nitrogens with zero attached hydrogens (tertiary/aromatic N) is 1. The minimum absolute atomic E-state index is 0.233. The first kappa shape index (κ1) is 14.9. The molecule has 118 valence electrons. The summed E-state index contributed by atoms with van der Waals surface area (Å²) in [6.07, 6.45) is 8.83. The van der Waals surface area contributed by atoms with Gasteiger partial charge in [-0.05, 0) is 43.2 Å². The number of fused-ring (bicyclic) bond motifs is 3. The Morgan fingerprint density at radius 2 is 2.26 bits per heavy atom. The molecule has 3 atom stereocenters. The number of allylic oxidation sites excluding steroid dienone is 2. The summed E-state index contributed by atoms with van der Waals surface area (Å²) in [5.74, 6) is 1.51. The third kappa shape index (κ3) is 2.70. The summed E-state index contributed by atoms with van der Waals surface area (Å²) in [5.41, 5.74) is 3.79. The summed E-state index contributed by atoms with van der Waals surface area (Å²) in [7, 11) is 0. The lowest BCUT2D eigenvalue weighted by Crippen LogP contribution is -2.18. The number of amides is 1. The molecule has 1 aromatic heterocycles. The highest BCUT2D eigenvalue weighted by molar-refractivity contribution is 7.21. The number of nitrogens with one attached hydrogen (secondary N) is 1. The summed E-state index contributed by atoms with van der Waals surface area (Å²) in [4.78, 5) is 12.9. The lowest BCUT2D eigenvalue weighted by atomic mass is 9.95. The van der Waals surface area contributed by atoms with Gasteiger partial charge in [0.2, 0.25) is 0 Å². The zero-order chi connectivity index (χ0) is 16.0. The molecule has 2 aliphatic carbocycles. The molecule has 5 heteroatoms. The number of hydrogen-bond donors (Lipinski definition) is 1. The zero-order valence-electron chi connectivity index (χ0n) is 12.8. The van der Waals surface area contributed by atoms with Crippen LogP contribution in [0.5, 0.6) is 0 Å². The Morgan fingerprint density at radius 1 is 1.39 bits per heavy atom. The second-order valence-electron chi connectivity index (χ2n) is 6.41. The second-order valence-corrected chi connectivity index (χ2v) is 7.84. The number of benzene rings is 1. The van der Waals surface area contributed by atoms with Gasteiger partial charge in [-0.2, -0.15) is 5.10 Å². The molecule has 1 fully saturated rings. The van der Waals surface area contributed by atoms with Gasteiger partial charge in [-0.3, -0.25) is 4.79 Å². The molecule has 1 amide bonds. The molecule has 3 unspecified atom stereocenters. The monoisotopic (exact) mass is 344 g/mol. The van der Waals surface area contributed by atoms with Gasteiger partial charge < -0.3 is 0 Å². The Hall–Kier alpha value is -1.65. The van der Waals surface area contributed by atoms with Gasteiger partial charge in [0, 0.05) is 22.2 Å². The fourth-order valence-corrected chi connectivity index (χ4v) is 5.06. The second kappa shape index (κ2) is 5.77. The van der Waals surface area contributed by atoms with Crippen molar-refractivity contribution < 1.29 is 4.79 Å². The number of hydrogen-bond acceptors (Lipinski definition) is 3. The van der Waals surface area contributed by atoms with Crippen LogP contribution in [-0.4, -0.2) is 12.1 Å². The van der Waals surface area contributed by atoms with E-state index in [1.54, 1.807) is 0 Å². The topological polar surface area (TPSA) is 41.5 Å². The Balaban J connectivity index is 1.49. The molecule has 1 N–H and O–H groups in total. The lowest BCUT2D eigenvalue weighted by Gasteiger charge is -2.11. The predicted molar refractivity (Wildman–Crippen MR) is 96.4 cm³/mol. The van der Waals surface area contributed by atoms with Gasteiger partial charge in [0.05, 0.1) is 5.02 Å². The molecule has 0 aliphatic heterocycles. The van der Waals surface area contributed by atoms with Gasteiger partial charge in [0.25, 0.3) is 5.91 Å². The molecule has 4 rings (SSSR count). The molecule has 0 spiro atoms. The molecular weight excluding hydrogens is 328 g/mol. The van der Waals surface area contributed by atoms with Gasteiger partial charge in [-0.25, -0.2) is 5.43 Å². The van der Waals surface area contributed by atoms with Crippen LogP contribution in [0.3, 0.4) is 0 Å². The van der Waals surface area contributed by atoms with Crippen LogP contribution in [0.2, 0.25) is 5.02 Å². The molecule has 2 aromatic rings. The Morgan fingerprint density at radius 3 is 3.00 bits per heavy atom. The summed E-state index contributed by atoms with van der Waals surface area (Å²) in [5, 5.41) is 5.61. The normalized spacial score (nSPS) is 25.7. The van der Waals surface area contributed by atoms with Gasteiger partial charge in [0.1, 0.15) is 4.88 Å². The third-order valence-electron chi connectivity index (χ3n) is 4.75. The van der Waals surface area contributed by atoms with Crippen molar-refractivity contribution in [1.82, 2.24) is 5.43 Å². The summed E-state index contributed by atoms with van der Waals surface area (Å²) in [6.45, 7) is 2.03. The zero-order valence-corrected chi connectivity index (χ0v) is 14.3. The average Bonchev–Trinajstić information content (AvgIpc) is 3.22. The van der Waals surface area contributed by atoms with Crippen molar-refractivity contribution in [3.8, 4) is 0 Å². The van der Waals surface area contributed by atoms with Gasteiger partial charge in [-0.15, -0.1) is 11.3 Å². The minimum atomic E-state index is -0.233. The molecule has 3 nitrogen and oxygen atoms in total. The molecule has 2 aliphatic rings. The fourth-order valence-electron chi connectivity index (χ4n) is 3.56. The Bertz CT molecular complexity index is 839. The number of halogens is 1. The van der Waals surface area contributed by atoms with Crippen molar-refractivity contribution in [3.05, 3.63) is 45.8 Å². The van der Waals surface area contributed by atoms with Crippen molar-refractivity contribution in [3.63, 3.8) is 0 Å². The molecule has 2 bridgehead atoms. The van der Waals surface area contributed by atoms with E-state index in [0.29, 0.717) is 27.7 Å². The highest BCUT2D eigenvalue weighted by Gasteiger charge is 2.34. The maximum Gasteiger partial charge on any atom is 0.282 e. The van der Waals surface area contributed by atoms with E-state index >= 15 is 0 Å². The van der Waals surface area contributed by atoms with Crippen LogP contribution in [0.1, 0.15) is 28.1 Å². The van der Waals surface area contributed by atoms with Crippen LogP contribution in [0.4, 0.5) is 0 Å². The van der Waals surface area contributed by atoms with Crippen molar-refractivity contribution in [2.24, 2.45) is 22.9 Å². The van der Waals surface area contributed by atoms with E-state index in [9.17, 15) is 4.79 Å². The largest absolute Gasteiger partial charge is 0.282 e. The van der Waals surface area contributed by atoms with Crippen molar-refractivity contribution in [1.29, 1.82) is 0 Å². The van der Waals surface area contributed by atoms with Gasteiger partial charge >= 0.3 is 0 Å². The lowest BCUT2D eigenvalue weighted by molar-refractivity contribution is 0.0959. The van der Waals surface area contributed by atoms with Crippen LogP contribution < -0.4 is 5.43 Å². The third-order valence-corrected chi connectivity index (χ3v) is 6.41. The maximum atomic E-state index is 12.3. The number of aryl methyl sites for hydroxylation is 1. The molecular formula is C18H17ClN2OS. The molecule has 23 heavy (non-hydrogen) atoms. The Labute approximate surface area is 144 Å². The van der Waals surface area contributed by atoms with Gasteiger partial charge in [-0.1, -0.05) is 35.9 Å². The van der Waals surface area contributed by atoms with Crippen LogP contribution in [0, 0.1) is 24.7 Å². The van der Waals surface area contributed by atoms with Crippen LogP contribution in [-0.2, 0) is 0 Å². The predicted octanol–water partition coefficient (Wildman–Crippen LogP) is 4.79. The first-order chi connectivity index (χ1) is 11.1. The van der Waals surface area contributed by atoms with Crippen LogP contribution in [0.15, 0.2) is 35.5 Å². The maximum absolute atomic E-state index is 12.3. The highest BCUT2D eigenvalue weighted by Crippen LogP contribution is 2.42. The highest BCUT2D eigenvalue weighted by atomic mass is 35.5. The van der Waals surface area contributed by atoms with Gasteiger partial charge in [0.15, 0.2) is 0 Å². The first-order valence-electron chi connectivity index (χ1n) is 7.82. The van der Waals surface area contributed by atoms with Crippen LogP contribution in [0.25, 0.3) is 10.1 Å². The standard InChI is InChI=1S/C18H17ClN2OS/c1-10-2-5-14-15(6-10)23-17(16(14)19)18(22)21-20-9-13-8-11-3-4-12(13)7-11/h2-6,9,11-13H,7-8H2,1H3,(H,21,22). The number of carbonyl (C=O) groups excluding carboxylic acids is 1. The van der Waals surface area contributed by atoms with E-state index in [2.05, 4.69) is 22.7 Å². The Kier molecular flexibility index (Phi) is 3.74. The number of thiophene rings is 1. The van der Waals surface area contributed by atoms with E-state index in [1.807, 2.05) is 31.3 Å². The minimum Gasteiger partial charge on any atom is -0.266 e. The van der Waals surface area contributed by atoms with Crippen molar-refractivity contribution >= 4 is 45.1 Å². The molecule has 0 saturated heterocycles. The molecule has 0 radical (unpaired) electrons. The summed E-state index contributed by atoms with van der Waals surface area (Å²) < 4.78 is 1.03. The molecule has 1 heterocycles. The van der Waals surface area contributed by atoms with E-state index in [-0.39, 0.29) is 5.91 Å². The fraction of sp³-hybridized carbons (Fsp3) is 0.333.